The molecule has 19 heavy (non-hydrogen) atoms. The van der Waals surface area contributed by atoms with Crippen LogP contribution in [0.5, 0.6) is 0 Å². The molecule has 1 saturated heterocycles. The van der Waals surface area contributed by atoms with E-state index in [4.69, 9.17) is 0 Å². The number of hydrogen-bond acceptors (Lipinski definition) is 1. The van der Waals surface area contributed by atoms with Gasteiger partial charge in [-0.25, -0.2) is 0 Å². The largest absolute Gasteiger partial charge is 0.303 e. The Kier molecular flexibility index (Phi) is 5.21. The molecule has 0 spiro atoms. The summed E-state index contributed by atoms with van der Waals surface area (Å²) in [6, 6.07) is 0. The molecule has 1 nitrogen and oxygen atoms in total. The second-order valence-corrected chi connectivity index (χ2v) is 7.52. The van der Waals surface area contributed by atoms with Gasteiger partial charge in [0, 0.05) is 0 Å². The predicted octanol–water partition coefficient (Wildman–Crippen LogP) is 4.86. The van der Waals surface area contributed by atoms with E-state index in [9.17, 15) is 0 Å². The van der Waals surface area contributed by atoms with Crippen molar-refractivity contribution in [3.63, 3.8) is 0 Å². The molecule has 2 saturated carbocycles. The monoisotopic (exact) mass is 263 g/mol. The molecule has 0 aromatic heterocycles. The van der Waals surface area contributed by atoms with Crippen molar-refractivity contribution in [3.8, 4) is 0 Å². The SMILES string of the molecule is C1CCC(CCN2CCC(C3CCCC3)CC2)CC1. The van der Waals surface area contributed by atoms with Gasteiger partial charge in [0.25, 0.3) is 0 Å². The maximum Gasteiger partial charge on any atom is -0.00160 e. The van der Waals surface area contributed by atoms with Crippen molar-refractivity contribution in [2.75, 3.05) is 19.6 Å². The Hall–Kier alpha value is -0.0400. The van der Waals surface area contributed by atoms with Gasteiger partial charge in [0.05, 0.1) is 0 Å². The minimum atomic E-state index is 1.07. The summed E-state index contributed by atoms with van der Waals surface area (Å²) in [5, 5.41) is 0. The number of rotatable bonds is 4. The fraction of sp³-hybridized carbons (Fsp3) is 1.00. The number of piperidine rings is 1. The topological polar surface area (TPSA) is 3.24 Å². The lowest BCUT2D eigenvalue weighted by Gasteiger charge is -2.35. The van der Waals surface area contributed by atoms with Crippen LogP contribution in [0, 0.1) is 17.8 Å². The third-order valence-electron chi connectivity index (χ3n) is 6.28. The van der Waals surface area contributed by atoms with E-state index in [1.54, 1.807) is 12.8 Å². The second kappa shape index (κ2) is 7.11. The van der Waals surface area contributed by atoms with E-state index in [0.717, 1.165) is 17.8 Å². The first-order valence-corrected chi connectivity index (χ1v) is 9.14. The molecule has 0 amide bonds. The highest BCUT2D eigenvalue weighted by Gasteiger charge is 2.28. The van der Waals surface area contributed by atoms with Crippen molar-refractivity contribution in [2.45, 2.75) is 77.0 Å². The molecule has 0 aromatic carbocycles. The third kappa shape index (κ3) is 3.97. The molecule has 0 N–H and O–H groups in total. The highest BCUT2D eigenvalue weighted by molar-refractivity contribution is 4.81. The van der Waals surface area contributed by atoms with Crippen LogP contribution in [0.25, 0.3) is 0 Å². The fourth-order valence-electron chi connectivity index (χ4n) is 4.92. The highest BCUT2D eigenvalue weighted by Crippen LogP contribution is 2.37. The van der Waals surface area contributed by atoms with Crippen LogP contribution in [-0.4, -0.2) is 24.5 Å². The molecule has 3 rings (SSSR count). The average Bonchev–Trinajstić information content (AvgIpc) is 3.01. The van der Waals surface area contributed by atoms with E-state index in [1.807, 2.05) is 0 Å². The molecule has 110 valence electrons. The second-order valence-electron chi connectivity index (χ2n) is 7.52. The molecule has 3 fully saturated rings. The Morgan fingerprint density at radius 2 is 1.21 bits per heavy atom. The van der Waals surface area contributed by atoms with Crippen LogP contribution < -0.4 is 0 Å². The molecule has 1 heteroatoms. The van der Waals surface area contributed by atoms with Crippen LogP contribution in [0.2, 0.25) is 0 Å². The Morgan fingerprint density at radius 3 is 1.89 bits per heavy atom. The Morgan fingerprint density at radius 1 is 0.632 bits per heavy atom. The van der Waals surface area contributed by atoms with Crippen molar-refractivity contribution in [3.05, 3.63) is 0 Å². The zero-order valence-electron chi connectivity index (χ0n) is 12.8. The summed E-state index contributed by atoms with van der Waals surface area (Å²) in [6.07, 6.45) is 18.2. The average molecular weight is 263 g/mol. The van der Waals surface area contributed by atoms with Crippen LogP contribution in [0.15, 0.2) is 0 Å². The normalized spacial score (nSPS) is 29.1. The lowest BCUT2D eigenvalue weighted by Crippen LogP contribution is -2.37. The molecule has 2 aliphatic carbocycles. The van der Waals surface area contributed by atoms with Gasteiger partial charge < -0.3 is 4.90 Å². The highest BCUT2D eigenvalue weighted by atomic mass is 15.1. The van der Waals surface area contributed by atoms with E-state index >= 15 is 0 Å². The van der Waals surface area contributed by atoms with Crippen LogP contribution in [0.1, 0.15) is 77.0 Å². The first-order valence-electron chi connectivity index (χ1n) is 9.14. The van der Waals surface area contributed by atoms with E-state index < -0.39 is 0 Å². The van der Waals surface area contributed by atoms with E-state index in [-0.39, 0.29) is 0 Å². The minimum absolute atomic E-state index is 1.07. The van der Waals surface area contributed by atoms with Gasteiger partial charge in [-0.3, -0.25) is 0 Å². The Bertz CT molecular complexity index is 242. The standard InChI is InChI=1S/C18H33N/c1-2-6-16(7-3-1)10-13-19-14-11-18(12-15-19)17-8-4-5-9-17/h16-18H,1-15H2. The molecule has 0 radical (unpaired) electrons. The Labute approximate surface area is 120 Å². The van der Waals surface area contributed by atoms with Gasteiger partial charge in [-0.15, -0.1) is 0 Å². The van der Waals surface area contributed by atoms with Gasteiger partial charge in [-0.2, -0.15) is 0 Å². The minimum Gasteiger partial charge on any atom is -0.303 e. The zero-order valence-corrected chi connectivity index (χ0v) is 12.8. The van der Waals surface area contributed by atoms with Crippen LogP contribution in [-0.2, 0) is 0 Å². The van der Waals surface area contributed by atoms with E-state index in [0.29, 0.717) is 0 Å². The lowest BCUT2D eigenvalue weighted by molar-refractivity contribution is 0.137. The molecule has 1 aliphatic heterocycles. The van der Waals surface area contributed by atoms with Crippen molar-refractivity contribution < 1.29 is 0 Å². The van der Waals surface area contributed by atoms with E-state index in [1.165, 1.54) is 83.8 Å². The predicted molar refractivity (Wildman–Crippen MR) is 82.3 cm³/mol. The molecule has 0 aromatic rings. The zero-order chi connectivity index (χ0) is 12.9. The summed E-state index contributed by atoms with van der Waals surface area (Å²) >= 11 is 0. The van der Waals surface area contributed by atoms with Crippen molar-refractivity contribution in [2.24, 2.45) is 17.8 Å². The van der Waals surface area contributed by atoms with Crippen LogP contribution >= 0.6 is 0 Å². The molecule has 0 bridgehead atoms. The smallest absolute Gasteiger partial charge is 0.00160 e. The van der Waals surface area contributed by atoms with Crippen molar-refractivity contribution in [1.82, 2.24) is 4.90 Å². The van der Waals surface area contributed by atoms with E-state index in [2.05, 4.69) is 4.90 Å². The summed E-state index contributed by atoms with van der Waals surface area (Å²) in [5.41, 5.74) is 0. The van der Waals surface area contributed by atoms with Gasteiger partial charge >= 0.3 is 0 Å². The fourth-order valence-corrected chi connectivity index (χ4v) is 4.92. The number of nitrogens with zero attached hydrogens (tertiary/aromatic N) is 1. The molecule has 0 unspecified atom stereocenters. The first-order chi connectivity index (χ1) is 9.42. The van der Waals surface area contributed by atoms with Gasteiger partial charge in [0.15, 0.2) is 0 Å². The van der Waals surface area contributed by atoms with Crippen LogP contribution in [0.3, 0.4) is 0 Å². The maximum atomic E-state index is 2.78. The molecule has 3 aliphatic rings. The van der Waals surface area contributed by atoms with Crippen molar-refractivity contribution >= 4 is 0 Å². The van der Waals surface area contributed by atoms with Crippen LogP contribution in [0.4, 0.5) is 0 Å². The molecule has 1 heterocycles. The summed E-state index contributed by atoms with van der Waals surface area (Å²) in [4.78, 5) is 2.78. The maximum absolute atomic E-state index is 2.78. The van der Waals surface area contributed by atoms with Gasteiger partial charge in [0.1, 0.15) is 0 Å². The van der Waals surface area contributed by atoms with Gasteiger partial charge in [-0.05, 0) is 56.7 Å². The first kappa shape index (κ1) is 13.9. The number of likely N-dealkylation sites (tertiary alicyclic amines) is 1. The molecule has 0 atom stereocenters. The van der Waals surface area contributed by atoms with Gasteiger partial charge in [-0.1, -0.05) is 57.8 Å². The lowest BCUT2D eigenvalue weighted by atomic mass is 9.83. The van der Waals surface area contributed by atoms with Gasteiger partial charge in [0.2, 0.25) is 0 Å². The molecular formula is C18H33N. The summed E-state index contributed by atoms with van der Waals surface area (Å²) in [6.45, 7) is 4.23. The summed E-state index contributed by atoms with van der Waals surface area (Å²) in [5.74, 6) is 3.27. The number of hydrogen-bond donors (Lipinski definition) is 0. The van der Waals surface area contributed by atoms with Crippen molar-refractivity contribution in [1.29, 1.82) is 0 Å². The summed E-state index contributed by atoms with van der Waals surface area (Å²) < 4.78 is 0. The quantitative estimate of drug-likeness (QED) is 0.700. The summed E-state index contributed by atoms with van der Waals surface area (Å²) in [7, 11) is 0. The Balaban J connectivity index is 1.33. The third-order valence-corrected chi connectivity index (χ3v) is 6.28. The molecular weight excluding hydrogens is 230 g/mol.